The van der Waals surface area contributed by atoms with Crippen LogP contribution in [0.25, 0.3) is 10.4 Å². The average Bonchev–Trinajstić information content (AvgIpc) is 3.45. The van der Waals surface area contributed by atoms with Crippen molar-refractivity contribution in [2.45, 2.75) is 37.5 Å². The number of nitrogens with zero attached hydrogens (tertiary/aromatic N) is 4. The summed E-state index contributed by atoms with van der Waals surface area (Å²) in [5.41, 5.74) is 10.9. The minimum atomic E-state index is -1.56. The third kappa shape index (κ3) is 8.36. The molecule has 0 bridgehead atoms. The van der Waals surface area contributed by atoms with Crippen LogP contribution in [0, 0.1) is 0 Å². The van der Waals surface area contributed by atoms with Crippen LogP contribution in [0.15, 0.2) is 95.0 Å². The summed E-state index contributed by atoms with van der Waals surface area (Å²) in [6, 6.07) is 24.8. The standard InChI is InChI=1S/C35H31Cl4N5O4/c36-26-9-6-22(30(38)18-26)14-15-41-34(46)35(20-24-4-1-2-5-25(24)21-42-44-40)32(29-13-10-27(37)19-31(29)39)48-33(43-35)23-7-11-28(12-8-23)47-17-3-16-45/h1-2,4-13,18-19,32,45H,3,14-17,20-21H2,(H,41,46)/t32-,35-/m1/s1. The Bertz CT molecular complexity index is 1850. The van der Waals surface area contributed by atoms with E-state index >= 15 is 0 Å². The molecule has 13 heteroatoms. The monoisotopic (exact) mass is 725 g/mol. The van der Waals surface area contributed by atoms with Crippen molar-refractivity contribution in [3.8, 4) is 5.75 Å². The van der Waals surface area contributed by atoms with Crippen LogP contribution in [0.4, 0.5) is 0 Å². The lowest BCUT2D eigenvalue weighted by Crippen LogP contribution is -2.50. The predicted octanol–water partition coefficient (Wildman–Crippen LogP) is 8.73. The van der Waals surface area contributed by atoms with E-state index in [1.165, 1.54) is 0 Å². The fraction of sp³-hybridized carbons (Fsp3) is 0.257. The summed E-state index contributed by atoms with van der Waals surface area (Å²) in [5.74, 6) is 0.442. The molecule has 0 saturated carbocycles. The number of benzene rings is 4. The van der Waals surface area contributed by atoms with E-state index in [0.717, 1.165) is 16.7 Å². The molecule has 1 aliphatic heterocycles. The highest BCUT2D eigenvalue weighted by atomic mass is 35.5. The molecule has 48 heavy (non-hydrogen) atoms. The first-order chi connectivity index (χ1) is 23.2. The van der Waals surface area contributed by atoms with Crippen molar-refractivity contribution in [2.24, 2.45) is 10.1 Å². The number of aliphatic hydroxyl groups excluding tert-OH is 1. The molecule has 4 aromatic rings. The van der Waals surface area contributed by atoms with Gasteiger partial charge in [0, 0.05) is 62.1 Å². The molecule has 0 fully saturated rings. The SMILES string of the molecule is [N-]=[N+]=NCc1ccccc1C[C@@]1(C(=O)NCCc2ccc(Cl)cc2Cl)N=C(c2ccc(OCCCO)cc2)O[C@@H]1c1ccc(Cl)cc1Cl. The van der Waals surface area contributed by atoms with Crippen LogP contribution >= 0.6 is 46.4 Å². The van der Waals surface area contributed by atoms with Gasteiger partial charge < -0.3 is 19.9 Å². The molecular weight excluding hydrogens is 696 g/mol. The van der Waals surface area contributed by atoms with Crippen molar-refractivity contribution >= 4 is 58.2 Å². The molecule has 0 saturated heterocycles. The Morgan fingerprint density at radius 1 is 0.958 bits per heavy atom. The molecule has 9 nitrogen and oxygen atoms in total. The molecular formula is C35H31Cl4N5O4. The first kappa shape index (κ1) is 35.4. The van der Waals surface area contributed by atoms with E-state index in [2.05, 4.69) is 15.3 Å². The number of carbonyl (C=O) groups is 1. The minimum absolute atomic E-state index is 0.0280. The fourth-order valence-electron chi connectivity index (χ4n) is 5.44. The number of halogens is 4. The van der Waals surface area contributed by atoms with E-state index in [4.69, 9.17) is 71.5 Å². The smallest absolute Gasteiger partial charge is 0.252 e. The van der Waals surface area contributed by atoms with Gasteiger partial charge in [0.25, 0.3) is 5.91 Å². The largest absolute Gasteiger partial charge is 0.494 e. The van der Waals surface area contributed by atoms with Gasteiger partial charge in [-0.2, -0.15) is 0 Å². The maximum Gasteiger partial charge on any atom is 0.252 e. The maximum atomic E-state index is 14.6. The van der Waals surface area contributed by atoms with E-state index in [1.807, 2.05) is 30.3 Å². The number of hydrogen-bond donors (Lipinski definition) is 2. The molecule has 4 aromatic carbocycles. The molecule has 0 unspecified atom stereocenters. The van der Waals surface area contributed by atoms with Gasteiger partial charge in [0.2, 0.25) is 5.90 Å². The summed E-state index contributed by atoms with van der Waals surface area (Å²) in [4.78, 5) is 22.6. The number of hydrogen-bond acceptors (Lipinski definition) is 6. The molecule has 248 valence electrons. The topological polar surface area (TPSA) is 129 Å². The van der Waals surface area contributed by atoms with Crippen molar-refractivity contribution in [2.75, 3.05) is 19.8 Å². The molecule has 1 heterocycles. The lowest BCUT2D eigenvalue weighted by atomic mass is 9.80. The third-order valence-corrected chi connectivity index (χ3v) is 9.00. The van der Waals surface area contributed by atoms with Crippen molar-refractivity contribution in [3.63, 3.8) is 0 Å². The zero-order valence-electron chi connectivity index (χ0n) is 25.6. The minimum Gasteiger partial charge on any atom is -0.494 e. The number of aliphatic hydroxyl groups is 1. The second-order valence-corrected chi connectivity index (χ2v) is 12.7. The molecule has 0 radical (unpaired) electrons. The Labute approximate surface area is 298 Å². The quantitative estimate of drug-likeness (QED) is 0.0583. The first-order valence-electron chi connectivity index (χ1n) is 15.1. The molecule has 2 N–H and O–H groups in total. The van der Waals surface area contributed by atoms with E-state index in [9.17, 15) is 4.79 Å². The molecule has 0 aromatic heterocycles. The van der Waals surface area contributed by atoms with Crippen LogP contribution in [-0.4, -0.2) is 42.2 Å². The molecule has 1 amide bonds. The first-order valence-corrected chi connectivity index (χ1v) is 16.6. The predicted molar refractivity (Wildman–Crippen MR) is 189 cm³/mol. The van der Waals surface area contributed by atoms with Crippen LogP contribution in [0.1, 0.15) is 40.3 Å². The maximum absolute atomic E-state index is 14.6. The number of rotatable bonds is 14. The number of azide groups is 1. The van der Waals surface area contributed by atoms with E-state index in [1.54, 1.807) is 54.6 Å². The van der Waals surface area contributed by atoms with Gasteiger partial charge in [-0.3, -0.25) is 4.79 Å². The molecule has 2 atom stereocenters. The van der Waals surface area contributed by atoms with Crippen LogP contribution in [0.3, 0.4) is 0 Å². The summed E-state index contributed by atoms with van der Waals surface area (Å²) < 4.78 is 12.3. The van der Waals surface area contributed by atoms with Crippen LogP contribution in [-0.2, 0) is 28.9 Å². The Balaban J connectivity index is 1.58. The van der Waals surface area contributed by atoms with Crippen molar-refractivity contribution in [1.29, 1.82) is 0 Å². The molecule has 5 rings (SSSR count). The second-order valence-electron chi connectivity index (χ2n) is 11.0. The lowest BCUT2D eigenvalue weighted by Gasteiger charge is -2.32. The number of nitrogens with one attached hydrogen (secondary N) is 1. The van der Waals surface area contributed by atoms with Gasteiger partial charge in [-0.15, -0.1) is 0 Å². The van der Waals surface area contributed by atoms with Gasteiger partial charge in [0.15, 0.2) is 11.6 Å². The summed E-state index contributed by atoms with van der Waals surface area (Å²) in [6.07, 6.45) is 0.0637. The lowest BCUT2D eigenvalue weighted by molar-refractivity contribution is -0.128. The third-order valence-electron chi connectivity index (χ3n) is 7.85. The number of carbonyl (C=O) groups excluding carboxylic acids is 1. The fourth-order valence-corrected chi connectivity index (χ4v) is 6.45. The summed E-state index contributed by atoms with van der Waals surface area (Å²) in [5, 5.41) is 17.7. The molecule has 0 spiro atoms. The highest BCUT2D eigenvalue weighted by molar-refractivity contribution is 6.35. The van der Waals surface area contributed by atoms with Gasteiger partial charge in [-0.25, -0.2) is 4.99 Å². The van der Waals surface area contributed by atoms with E-state index in [-0.39, 0.29) is 32.0 Å². The van der Waals surface area contributed by atoms with Crippen LogP contribution < -0.4 is 10.1 Å². The molecule has 0 aliphatic carbocycles. The Hall–Kier alpha value is -3.95. The number of ether oxygens (including phenoxy) is 2. The van der Waals surface area contributed by atoms with Gasteiger partial charge >= 0.3 is 0 Å². The van der Waals surface area contributed by atoms with E-state index < -0.39 is 17.6 Å². The van der Waals surface area contributed by atoms with Crippen molar-refractivity contribution in [3.05, 3.63) is 143 Å². The van der Waals surface area contributed by atoms with Crippen molar-refractivity contribution < 1.29 is 19.4 Å². The van der Waals surface area contributed by atoms with Crippen LogP contribution in [0.5, 0.6) is 5.75 Å². The summed E-state index contributed by atoms with van der Waals surface area (Å²) in [7, 11) is 0. The van der Waals surface area contributed by atoms with E-state index in [0.29, 0.717) is 56.4 Å². The highest BCUT2D eigenvalue weighted by Gasteiger charge is 2.54. The summed E-state index contributed by atoms with van der Waals surface area (Å²) >= 11 is 25.5. The number of aliphatic imine (C=N–C) groups is 1. The molecule has 1 aliphatic rings. The summed E-state index contributed by atoms with van der Waals surface area (Å²) in [6.45, 7) is 0.722. The van der Waals surface area contributed by atoms with Crippen molar-refractivity contribution in [1.82, 2.24) is 5.32 Å². The van der Waals surface area contributed by atoms with Gasteiger partial charge in [-0.05, 0) is 77.2 Å². The van der Waals surface area contributed by atoms with Gasteiger partial charge in [0.1, 0.15) is 5.75 Å². The average molecular weight is 727 g/mol. The second kappa shape index (κ2) is 16.4. The highest BCUT2D eigenvalue weighted by Crippen LogP contribution is 2.45. The Kier molecular flexibility index (Phi) is 12.1. The normalized spacial score (nSPS) is 16.9. The zero-order valence-corrected chi connectivity index (χ0v) is 28.6. The zero-order chi connectivity index (χ0) is 34.1. The van der Waals surface area contributed by atoms with Gasteiger partial charge in [-0.1, -0.05) is 87.9 Å². The van der Waals surface area contributed by atoms with Gasteiger partial charge in [0.05, 0.1) is 13.2 Å². The number of amides is 1. The Morgan fingerprint density at radius 2 is 1.67 bits per heavy atom. The Morgan fingerprint density at radius 3 is 2.35 bits per heavy atom. The van der Waals surface area contributed by atoms with Crippen LogP contribution in [0.2, 0.25) is 20.1 Å².